The summed E-state index contributed by atoms with van der Waals surface area (Å²) in [6.45, 7) is 5.00. The zero-order valence-electron chi connectivity index (χ0n) is 19.1. The van der Waals surface area contributed by atoms with Crippen molar-refractivity contribution in [2.75, 3.05) is 40.0 Å². The Morgan fingerprint density at radius 3 is 2.53 bits per heavy atom. The molecule has 174 valence electrons. The molecule has 3 heterocycles. The molecule has 1 saturated heterocycles. The topological polar surface area (TPSA) is 76.8 Å². The predicted octanol–water partition coefficient (Wildman–Crippen LogP) is 4.41. The SMILES string of the molecule is COc1ccc(-c2cncc(-c3cn(CCN4CCOCC4)c4cccc(C(=O)O)c34)c2)cc1. The van der Waals surface area contributed by atoms with Gasteiger partial charge in [-0.05, 0) is 35.9 Å². The van der Waals surface area contributed by atoms with Gasteiger partial charge in [0.15, 0.2) is 0 Å². The second-order valence-corrected chi connectivity index (χ2v) is 8.39. The van der Waals surface area contributed by atoms with Gasteiger partial charge in [0.2, 0.25) is 0 Å². The maximum Gasteiger partial charge on any atom is 0.336 e. The first kappa shape index (κ1) is 22.1. The number of methoxy groups -OCH3 is 1. The van der Waals surface area contributed by atoms with Gasteiger partial charge in [-0.15, -0.1) is 0 Å². The molecular formula is C27H27N3O4. The molecule has 4 aromatic rings. The molecule has 0 bridgehead atoms. The van der Waals surface area contributed by atoms with Gasteiger partial charge in [0.05, 0.1) is 25.9 Å². The molecule has 5 rings (SSSR count). The first-order chi connectivity index (χ1) is 16.6. The zero-order chi connectivity index (χ0) is 23.5. The summed E-state index contributed by atoms with van der Waals surface area (Å²) in [6.07, 6.45) is 5.68. The summed E-state index contributed by atoms with van der Waals surface area (Å²) in [6, 6.07) is 15.4. The van der Waals surface area contributed by atoms with Gasteiger partial charge in [-0.3, -0.25) is 9.88 Å². The minimum Gasteiger partial charge on any atom is -0.497 e. The van der Waals surface area contributed by atoms with Crippen molar-refractivity contribution in [3.05, 3.63) is 72.7 Å². The number of carboxylic acid groups (broad SMARTS) is 1. The van der Waals surface area contributed by atoms with Crippen LogP contribution in [0, 0.1) is 0 Å². The standard InChI is InChI=1S/C27H27N3O4/c1-33-22-7-5-19(6-8-22)20-15-21(17-28-16-20)24-18-30(10-9-29-11-13-34-14-12-29)25-4-2-3-23(26(24)25)27(31)32/h2-8,15-18H,9-14H2,1H3,(H,31,32). The third-order valence-electron chi connectivity index (χ3n) is 6.37. The van der Waals surface area contributed by atoms with Crippen LogP contribution in [0.1, 0.15) is 10.4 Å². The number of nitrogens with zero attached hydrogens (tertiary/aromatic N) is 3. The minimum atomic E-state index is -0.933. The van der Waals surface area contributed by atoms with Crippen LogP contribution in [-0.4, -0.2) is 65.5 Å². The van der Waals surface area contributed by atoms with Crippen molar-refractivity contribution in [1.29, 1.82) is 0 Å². The second-order valence-electron chi connectivity index (χ2n) is 8.39. The number of ether oxygens (including phenoxy) is 2. The monoisotopic (exact) mass is 457 g/mol. The lowest BCUT2D eigenvalue weighted by Gasteiger charge is -2.26. The molecule has 1 aliphatic heterocycles. The fourth-order valence-corrected chi connectivity index (χ4v) is 4.54. The Hall–Kier alpha value is -3.68. The van der Waals surface area contributed by atoms with Crippen LogP contribution in [0.4, 0.5) is 0 Å². The number of carbonyl (C=O) groups is 1. The van der Waals surface area contributed by atoms with Gasteiger partial charge < -0.3 is 19.1 Å². The Bertz CT molecular complexity index is 1310. The lowest BCUT2D eigenvalue weighted by atomic mass is 9.99. The van der Waals surface area contributed by atoms with Crippen molar-refractivity contribution < 1.29 is 19.4 Å². The fraction of sp³-hybridized carbons (Fsp3) is 0.259. The first-order valence-electron chi connectivity index (χ1n) is 11.4. The van der Waals surface area contributed by atoms with Crippen LogP contribution in [0.3, 0.4) is 0 Å². The molecule has 7 heteroatoms. The molecule has 1 fully saturated rings. The number of carboxylic acids is 1. The van der Waals surface area contributed by atoms with Crippen LogP contribution in [0.15, 0.2) is 67.1 Å². The number of pyridine rings is 1. The average Bonchev–Trinajstić information content (AvgIpc) is 3.27. The van der Waals surface area contributed by atoms with Crippen LogP contribution in [0.25, 0.3) is 33.2 Å². The number of hydrogen-bond acceptors (Lipinski definition) is 5. The van der Waals surface area contributed by atoms with Gasteiger partial charge in [-0.1, -0.05) is 18.2 Å². The Morgan fingerprint density at radius 1 is 1.03 bits per heavy atom. The van der Waals surface area contributed by atoms with Crippen molar-refractivity contribution in [2.45, 2.75) is 6.54 Å². The molecule has 0 radical (unpaired) electrons. The normalized spacial score (nSPS) is 14.4. The molecule has 2 aromatic carbocycles. The van der Waals surface area contributed by atoms with E-state index in [9.17, 15) is 9.90 Å². The Balaban J connectivity index is 1.56. The maximum absolute atomic E-state index is 12.1. The number of aromatic carboxylic acids is 1. The fourth-order valence-electron chi connectivity index (χ4n) is 4.54. The van der Waals surface area contributed by atoms with Crippen LogP contribution in [-0.2, 0) is 11.3 Å². The van der Waals surface area contributed by atoms with Gasteiger partial charge in [0, 0.05) is 72.4 Å². The van der Waals surface area contributed by atoms with E-state index in [1.807, 2.05) is 42.6 Å². The summed E-state index contributed by atoms with van der Waals surface area (Å²) in [5, 5.41) is 10.7. The van der Waals surface area contributed by atoms with Crippen molar-refractivity contribution in [2.24, 2.45) is 0 Å². The number of hydrogen-bond donors (Lipinski definition) is 1. The molecule has 0 amide bonds. The van der Waals surface area contributed by atoms with E-state index in [1.165, 1.54) is 0 Å². The highest BCUT2D eigenvalue weighted by Crippen LogP contribution is 2.35. The zero-order valence-corrected chi connectivity index (χ0v) is 19.1. The molecule has 0 aliphatic carbocycles. The molecule has 34 heavy (non-hydrogen) atoms. The highest BCUT2D eigenvalue weighted by atomic mass is 16.5. The van der Waals surface area contributed by atoms with Gasteiger partial charge in [0.25, 0.3) is 0 Å². The van der Waals surface area contributed by atoms with Crippen LogP contribution >= 0.6 is 0 Å². The van der Waals surface area contributed by atoms with E-state index in [-0.39, 0.29) is 0 Å². The van der Waals surface area contributed by atoms with E-state index in [1.54, 1.807) is 19.4 Å². The summed E-state index contributed by atoms with van der Waals surface area (Å²) in [5.41, 5.74) is 4.95. The number of morpholine rings is 1. The van der Waals surface area contributed by atoms with E-state index in [0.717, 1.165) is 78.3 Å². The summed E-state index contributed by atoms with van der Waals surface area (Å²) in [4.78, 5) is 19.0. The Kier molecular flexibility index (Phi) is 6.29. The van der Waals surface area contributed by atoms with Crippen molar-refractivity contribution in [1.82, 2.24) is 14.5 Å². The van der Waals surface area contributed by atoms with E-state index >= 15 is 0 Å². The predicted molar refractivity (Wildman–Crippen MR) is 131 cm³/mol. The molecule has 0 spiro atoms. The number of fused-ring (bicyclic) bond motifs is 1. The second kappa shape index (κ2) is 9.67. The van der Waals surface area contributed by atoms with E-state index < -0.39 is 5.97 Å². The average molecular weight is 458 g/mol. The van der Waals surface area contributed by atoms with Crippen molar-refractivity contribution in [3.8, 4) is 28.0 Å². The van der Waals surface area contributed by atoms with Crippen LogP contribution in [0.5, 0.6) is 5.75 Å². The lowest BCUT2D eigenvalue weighted by Crippen LogP contribution is -2.38. The van der Waals surface area contributed by atoms with E-state index in [2.05, 4.69) is 26.7 Å². The molecule has 0 saturated carbocycles. The largest absolute Gasteiger partial charge is 0.497 e. The summed E-state index contributed by atoms with van der Waals surface area (Å²) in [7, 11) is 1.64. The van der Waals surface area contributed by atoms with Crippen molar-refractivity contribution >= 4 is 16.9 Å². The third kappa shape index (κ3) is 4.40. The quantitative estimate of drug-likeness (QED) is 0.443. The van der Waals surface area contributed by atoms with E-state index in [4.69, 9.17) is 9.47 Å². The van der Waals surface area contributed by atoms with Crippen molar-refractivity contribution in [3.63, 3.8) is 0 Å². The lowest BCUT2D eigenvalue weighted by molar-refractivity contribution is 0.0365. The van der Waals surface area contributed by atoms with Gasteiger partial charge >= 0.3 is 5.97 Å². The molecular weight excluding hydrogens is 430 g/mol. The maximum atomic E-state index is 12.1. The van der Waals surface area contributed by atoms with Crippen LogP contribution < -0.4 is 4.74 Å². The minimum absolute atomic E-state index is 0.299. The molecule has 0 unspecified atom stereocenters. The highest BCUT2D eigenvalue weighted by Gasteiger charge is 2.19. The summed E-state index contributed by atoms with van der Waals surface area (Å²) in [5.74, 6) is -0.139. The van der Waals surface area contributed by atoms with Gasteiger partial charge in [0.1, 0.15) is 5.75 Å². The smallest absolute Gasteiger partial charge is 0.336 e. The van der Waals surface area contributed by atoms with Gasteiger partial charge in [-0.2, -0.15) is 0 Å². The first-order valence-corrected chi connectivity index (χ1v) is 11.4. The Labute approximate surface area is 198 Å². The number of rotatable bonds is 7. The third-order valence-corrected chi connectivity index (χ3v) is 6.37. The highest BCUT2D eigenvalue weighted by molar-refractivity contribution is 6.09. The number of aromatic nitrogens is 2. The molecule has 0 atom stereocenters. The van der Waals surface area contributed by atoms with Gasteiger partial charge in [-0.25, -0.2) is 4.79 Å². The number of benzene rings is 2. The summed E-state index contributed by atoms with van der Waals surface area (Å²) < 4.78 is 12.9. The molecule has 1 N–H and O–H groups in total. The molecule has 7 nitrogen and oxygen atoms in total. The van der Waals surface area contributed by atoms with E-state index in [0.29, 0.717) is 5.56 Å². The Morgan fingerprint density at radius 2 is 1.79 bits per heavy atom. The van der Waals surface area contributed by atoms with Crippen LogP contribution in [0.2, 0.25) is 0 Å². The molecule has 2 aromatic heterocycles. The molecule has 1 aliphatic rings. The summed E-state index contributed by atoms with van der Waals surface area (Å²) >= 11 is 0.